The van der Waals surface area contributed by atoms with Gasteiger partial charge in [0.1, 0.15) is 0 Å². The number of carbonyl (C=O) groups excluding carboxylic acids is 1. The summed E-state index contributed by atoms with van der Waals surface area (Å²) in [6.07, 6.45) is 2.02. The third kappa shape index (κ3) is 4.27. The van der Waals surface area contributed by atoms with Crippen molar-refractivity contribution in [1.29, 1.82) is 0 Å². The Hall–Kier alpha value is -4.05. The molecule has 0 saturated heterocycles. The molecule has 0 bridgehead atoms. The van der Waals surface area contributed by atoms with Crippen LogP contribution in [0.3, 0.4) is 0 Å². The number of sulfone groups is 1. The van der Waals surface area contributed by atoms with Crippen molar-refractivity contribution in [3.05, 3.63) is 89.7 Å². The van der Waals surface area contributed by atoms with E-state index in [0.29, 0.717) is 30.2 Å². The molecule has 9 nitrogen and oxygen atoms in total. The summed E-state index contributed by atoms with van der Waals surface area (Å²) in [6.45, 7) is 0.980. The monoisotopic (exact) mass is 474 g/mol. The summed E-state index contributed by atoms with van der Waals surface area (Å²) in [4.78, 5) is 15.2. The number of aromatic nitrogens is 4. The second kappa shape index (κ2) is 8.71. The van der Waals surface area contributed by atoms with Crippen LogP contribution in [0.25, 0.3) is 5.69 Å². The lowest BCUT2D eigenvalue weighted by molar-refractivity contribution is 0.0989. The van der Waals surface area contributed by atoms with Crippen LogP contribution >= 0.6 is 0 Å². The molecule has 1 aromatic heterocycles. The number of para-hydroxylation sites is 1. The lowest BCUT2D eigenvalue weighted by Gasteiger charge is -2.18. The fourth-order valence-electron chi connectivity index (χ4n) is 4.00. The van der Waals surface area contributed by atoms with E-state index in [1.165, 1.54) is 22.4 Å². The third-order valence-electron chi connectivity index (χ3n) is 5.74. The molecule has 172 valence electrons. The van der Waals surface area contributed by atoms with E-state index in [9.17, 15) is 13.2 Å². The van der Waals surface area contributed by atoms with Crippen LogP contribution in [-0.2, 0) is 22.8 Å². The minimum Gasteiger partial charge on any atom is -0.378 e. The van der Waals surface area contributed by atoms with Crippen molar-refractivity contribution in [1.82, 2.24) is 20.2 Å². The van der Waals surface area contributed by atoms with Crippen molar-refractivity contribution >= 4 is 27.1 Å². The van der Waals surface area contributed by atoms with Gasteiger partial charge in [-0.25, -0.2) is 8.42 Å². The molecule has 0 aliphatic carbocycles. The first-order valence-electron chi connectivity index (χ1n) is 10.7. The molecule has 3 aromatic carbocycles. The highest BCUT2D eigenvalue weighted by molar-refractivity contribution is 7.90. The van der Waals surface area contributed by atoms with Crippen molar-refractivity contribution in [3.8, 4) is 5.69 Å². The normalized spacial score (nSPS) is 13.0. The van der Waals surface area contributed by atoms with Gasteiger partial charge in [0.25, 0.3) is 5.91 Å². The first-order chi connectivity index (χ1) is 16.4. The van der Waals surface area contributed by atoms with Crippen LogP contribution < -0.4 is 10.2 Å². The number of tetrazole rings is 1. The summed E-state index contributed by atoms with van der Waals surface area (Å²) >= 11 is 0. The van der Waals surface area contributed by atoms with Gasteiger partial charge < -0.3 is 10.2 Å². The Labute approximate surface area is 197 Å². The number of nitrogens with zero attached hydrogens (tertiary/aromatic N) is 5. The van der Waals surface area contributed by atoms with E-state index >= 15 is 0 Å². The highest BCUT2D eigenvalue weighted by Gasteiger charge is 2.25. The Balaban J connectivity index is 1.31. The van der Waals surface area contributed by atoms with Gasteiger partial charge in [-0.05, 0) is 70.9 Å². The molecule has 4 aromatic rings. The van der Waals surface area contributed by atoms with Gasteiger partial charge >= 0.3 is 0 Å². The lowest BCUT2D eigenvalue weighted by Crippen LogP contribution is -2.28. The molecule has 0 spiro atoms. The molecule has 1 N–H and O–H groups in total. The van der Waals surface area contributed by atoms with Crippen LogP contribution in [0.2, 0.25) is 0 Å². The van der Waals surface area contributed by atoms with E-state index in [2.05, 4.69) is 26.9 Å². The average molecular weight is 475 g/mol. The summed E-state index contributed by atoms with van der Waals surface area (Å²) in [5, 5.41) is 15.1. The van der Waals surface area contributed by atoms with Crippen molar-refractivity contribution in [2.24, 2.45) is 0 Å². The summed E-state index contributed by atoms with van der Waals surface area (Å²) in [6, 6.07) is 21.7. The molecule has 1 amide bonds. The maximum Gasteiger partial charge on any atom is 0.258 e. The molecule has 10 heteroatoms. The van der Waals surface area contributed by atoms with E-state index in [-0.39, 0.29) is 10.8 Å². The third-order valence-corrected chi connectivity index (χ3v) is 6.86. The van der Waals surface area contributed by atoms with E-state index in [1.807, 2.05) is 47.4 Å². The van der Waals surface area contributed by atoms with Gasteiger partial charge in [-0.3, -0.25) is 4.79 Å². The van der Waals surface area contributed by atoms with Crippen molar-refractivity contribution in [3.63, 3.8) is 0 Å². The zero-order valence-corrected chi connectivity index (χ0v) is 19.2. The van der Waals surface area contributed by atoms with E-state index in [0.717, 1.165) is 24.1 Å². The summed E-state index contributed by atoms with van der Waals surface area (Å²) < 4.78 is 24.9. The standard InChI is InChI=1S/C24H22N6O3S/c1-34(32,33)21-11-9-20(10-12-21)30-23(26-27-28-30)16-25-19-7-4-6-18(15-19)24(31)29-14-13-17-5-2-3-8-22(17)29/h2-12,15,25H,13-14,16H2,1H3. The molecule has 2 heterocycles. The van der Waals surface area contributed by atoms with Crippen LogP contribution in [-0.4, -0.2) is 47.3 Å². The molecule has 0 atom stereocenters. The maximum atomic E-state index is 13.2. The zero-order chi connectivity index (χ0) is 23.7. The van der Waals surface area contributed by atoms with Crippen LogP contribution in [0, 0.1) is 0 Å². The van der Waals surface area contributed by atoms with Crippen molar-refractivity contribution in [2.45, 2.75) is 17.9 Å². The molecule has 0 unspecified atom stereocenters. The average Bonchev–Trinajstić information content (AvgIpc) is 3.49. The van der Waals surface area contributed by atoms with Gasteiger partial charge in [-0.2, -0.15) is 4.68 Å². The van der Waals surface area contributed by atoms with Gasteiger partial charge in [0.15, 0.2) is 15.7 Å². The Morgan fingerprint density at radius 2 is 1.82 bits per heavy atom. The molecular formula is C24H22N6O3S. The van der Waals surface area contributed by atoms with Crippen molar-refractivity contribution in [2.75, 3.05) is 23.0 Å². The molecule has 0 radical (unpaired) electrons. The number of hydrogen-bond acceptors (Lipinski definition) is 7. The fraction of sp³-hybridized carbons (Fsp3) is 0.167. The minimum absolute atomic E-state index is 0.0376. The van der Waals surface area contributed by atoms with Gasteiger partial charge in [0.05, 0.1) is 17.1 Å². The van der Waals surface area contributed by atoms with E-state index in [4.69, 9.17) is 0 Å². The highest BCUT2D eigenvalue weighted by Crippen LogP contribution is 2.29. The second-order valence-electron chi connectivity index (χ2n) is 8.04. The summed E-state index contributed by atoms with van der Waals surface area (Å²) in [5.74, 6) is 0.502. The summed E-state index contributed by atoms with van der Waals surface area (Å²) in [7, 11) is -3.28. The molecule has 34 heavy (non-hydrogen) atoms. The first-order valence-corrected chi connectivity index (χ1v) is 12.6. The quantitative estimate of drug-likeness (QED) is 0.458. The lowest BCUT2D eigenvalue weighted by atomic mass is 10.1. The Morgan fingerprint density at radius 1 is 1.03 bits per heavy atom. The van der Waals surface area contributed by atoms with Crippen LogP contribution in [0.1, 0.15) is 21.7 Å². The molecule has 1 aliphatic rings. The molecule has 1 aliphatic heterocycles. The maximum absolute atomic E-state index is 13.2. The Kier molecular flexibility index (Phi) is 5.58. The Bertz CT molecular complexity index is 1460. The smallest absolute Gasteiger partial charge is 0.258 e. The predicted octanol–water partition coefficient (Wildman–Crippen LogP) is 2.88. The number of benzene rings is 3. The largest absolute Gasteiger partial charge is 0.378 e. The summed E-state index contributed by atoms with van der Waals surface area (Å²) in [5.41, 5.74) is 4.15. The van der Waals surface area contributed by atoms with E-state index < -0.39 is 9.84 Å². The van der Waals surface area contributed by atoms with Gasteiger partial charge in [0.2, 0.25) is 0 Å². The fourth-order valence-corrected chi connectivity index (χ4v) is 4.63. The van der Waals surface area contributed by atoms with Gasteiger partial charge in [-0.1, -0.05) is 24.3 Å². The number of carbonyl (C=O) groups is 1. The number of fused-ring (bicyclic) bond motifs is 1. The van der Waals surface area contributed by atoms with Gasteiger partial charge in [0, 0.05) is 29.7 Å². The second-order valence-corrected chi connectivity index (χ2v) is 10.1. The molecular weight excluding hydrogens is 452 g/mol. The predicted molar refractivity (Wildman–Crippen MR) is 128 cm³/mol. The molecule has 0 fully saturated rings. The Morgan fingerprint density at radius 3 is 2.62 bits per heavy atom. The van der Waals surface area contributed by atoms with Gasteiger partial charge in [-0.15, -0.1) is 5.10 Å². The van der Waals surface area contributed by atoms with Crippen LogP contribution in [0.15, 0.2) is 77.7 Å². The number of anilines is 2. The number of hydrogen-bond donors (Lipinski definition) is 1. The van der Waals surface area contributed by atoms with E-state index in [1.54, 1.807) is 12.1 Å². The van der Waals surface area contributed by atoms with Crippen LogP contribution in [0.4, 0.5) is 11.4 Å². The number of rotatable bonds is 6. The first kappa shape index (κ1) is 21.8. The zero-order valence-electron chi connectivity index (χ0n) is 18.4. The SMILES string of the molecule is CS(=O)(=O)c1ccc(-n2nnnc2CNc2cccc(C(=O)N3CCc4ccccc43)c2)cc1. The van der Waals surface area contributed by atoms with Crippen molar-refractivity contribution < 1.29 is 13.2 Å². The molecule has 0 saturated carbocycles. The minimum atomic E-state index is -3.28. The molecule has 5 rings (SSSR count). The topological polar surface area (TPSA) is 110 Å². The number of nitrogens with one attached hydrogen (secondary N) is 1. The van der Waals surface area contributed by atoms with Crippen LogP contribution in [0.5, 0.6) is 0 Å². The highest BCUT2D eigenvalue weighted by atomic mass is 32.2. The number of amides is 1.